The molecule has 1 heterocycles. The molecular formula is C9H16N2O3. The van der Waals surface area contributed by atoms with Crippen molar-refractivity contribution in [2.75, 3.05) is 27.3 Å². The summed E-state index contributed by atoms with van der Waals surface area (Å²) in [7, 11) is 3.37. The maximum Gasteiger partial charge on any atom is 0.244 e. The number of rotatable bonds is 3. The molecule has 0 aromatic heterocycles. The molecule has 80 valence electrons. The molecule has 1 fully saturated rings. The molecule has 0 saturated carbocycles. The van der Waals surface area contributed by atoms with E-state index in [2.05, 4.69) is 5.32 Å². The van der Waals surface area contributed by atoms with Crippen molar-refractivity contribution in [3.63, 3.8) is 0 Å². The standard InChI is InChI=1S/C9H16N2O3/c1-6(5-14-3)8-9(13)10-7(12)4-11(8)2/h6,8H,4-5H2,1-3H3,(H,10,12,13). The first-order valence-electron chi connectivity index (χ1n) is 4.59. The van der Waals surface area contributed by atoms with Crippen LogP contribution in [0.3, 0.4) is 0 Å². The van der Waals surface area contributed by atoms with Gasteiger partial charge in [-0.3, -0.25) is 19.8 Å². The number of carbonyl (C=O) groups is 2. The van der Waals surface area contributed by atoms with Crippen molar-refractivity contribution in [1.29, 1.82) is 0 Å². The number of amides is 2. The van der Waals surface area contributed by atoms with Gasteiger partial charge in [0.1, 0.15) is 0 Å². The summed E-state index contributed by atoms with van der Waals surface area (Å²) in [6.07, 6.45) is 0. The predicted molar refractivity (Wildman–Crippen MR) is 50.6 cm³/mol. The van der Waals surface area contributed by atoms with Gasteiger partial charge in [0.2, 0.25) is 11.8 Å². The number of methoxy groups -OCH3 is 1. The van der Waals surface area contributed by atoms with Crippen LogP contribution in [0.1, 0.15) is 6.92 Å². The normalized spacial score (nSPS) is 26.1. The third-order valence-corrected chi connectivity index (χ3v) is 2.37. The minimum Gasteiger partial charge on any atom is -0.384 e. The second-order valence-electron chi connectivity index (χ2n) is 3.71. The molecule has 0 aromatic rings. The summed E-state index contributed by atoms with van der Waals surface area (Å²) in [6.45, 7) is 2.71. The number of piperazine rings is 1. The van der Waals surface area contributed by atoms with E-state index in [9.17, 15) is 9.59 Å². The summed E-state index contributed by atoms with van der Waals surface area (Å²) in [5.74, 6) is -0.384. The highest BCUT2D eigenvalue weighted by Gasteiger charge is 2.34. The fourth-order valence-corrected chi connectivity index (χ4v) is 1.82. The van der Waals surface area contributed by atoms with E-state index in [4.69, 9.17) is 4.74 Å². The van der Waals surface area contributed by atoms with E-state index in [1.807, 2.05) is 6.92 Å². The Morgan fingerprint density at radius 2 is 2.29 bits per heavy atom. The molecule has 2 atom stereocenters. The highest BCUT2D eigenvalue weighted by Crippen LogP contribution is 2.13. The fraction of sp³-hybridized carbons (Fsp3) is 0.778. The molecule has 0 spiro atoms. The minimum atomic E-state index is -0.271. The van der Waals surface area contributed by atoms with Crippen molar-refractivity contribution in [3.8, 4) is 0 Å². The maximum atomic E-state index is 11.5. The number of nitrogens with one attached hydrogen (secondary N) is 1. The van der Waals surface area contributed by atoms with E-state index in [-0.39, 0.29) is 30.3 Å². The first kappa shape index (κ1) is 11.1. The number of carbonyl (C=O) groups excluding carboxylic acids is 2. The average Bonchev–Trinajstić information content (AvgIpc) is 2.01. The van der Waals surface area contributed by atoms with Crippen LogP contribution in [0.15, 0.2) is 0 Å². The lowest BCUT2D eigenvalue weighted by atomic mass is 9.99. The molecule has 0 bridgehead atoms. The lowest BCUT2D eigenvalue weighted by Crippen LogP contribution is -2.59. The predicted octanol–water partition coefficient (Wildman–Crippen LogP) is -0.774. The molecule has 5 heteroatoms. The third-order valence-electron chi connectivity index (χ3n) is 2.37. The van der Waals surface area contributed by atoms with Gasteiger partial charge in [-0.2, -0.15) is 0 Å². The van der Waals surface area contributed by atoms with Gasteiger partial charge in [-0.25, -0.2) is 0 Å². The summed E-state index contributed by atoms with van der Waals surface area (Å²) >= 11 is 0. The van der Waals surface area contributed by atoms with Crippen LogP contribution in [0.25, 0.3) is 0 Å². The molecule has 0 aromatic carbocycles. The molecule has 2 amide bonds. The van der Waals surface area contributed by atoms with Crippen LogP contribution >= 0.6 is 0 Å². The van der Waals surface area contributed by atoms with Crippen LogP contribution in [0.5, 0.6) is 0 Å². The summed E-state index contributed by atoms with van der Waals surface area (Å²) in [5.41, 5.74) is 0. The Bertz CT molecular complexity index is 242. The largest absolute Gasteiger partial charge is 0.384 e. The third kappa shape index (κ3) is 2.30. The molecule has 1 N–H and O–H groups in total. The molecule has 2 unspecified atom stereocenters. The van der Waals surface area contributed by atoms with E-state index in [0.717, 1.165) is 0 Å². The van der Waals surface area contributed by atoms with Crippen LogP contribution in [-0.4, -0.2) is 50.1 Å². The van der Waals surface area contributed by atoms with Crippen molar-refractivity contribution in [3.05, 3.63) is 0 Å². The highest BCUT2D eigenvalue weighted by atomic mass is 16.5. The molecule has 14 heavy (non-hydrogen) atoms. The smallest absolute Gasteiger partial charge is 0.244 e. The van der Waals surface area contributed by atoms with Gasteiger partial charge < -0.3 is 4.74 Å². The molecule has 1 aliphatic rings. The van der Waals surface area contributed by atoms with Gasteiger partial charge in [0.05, 0.1) is 19.2 Å². The number of nitrogens with zero attached hydrogens (tertiary/aromatic N) is 1. The van der Waals surface area contributed by atoms with E-state index < -0.39 is 0 Å². The van der Waals surface area contributed by atoms with Gasteiger partial charge in [-0.1, -0.05) is 6.92 Å². The molecule has 1 rings (SSSR count). The Morgan fingerprint density at radius 1 is 1.64 bits per heavy atom. The van der Waals surface area contributed by atoms with Gasteiger partial charge >= 0.3 is 0 Å². The molecule has 5 nitrogen and oxygen atoms in total. The number of imide groups is 1. The Hall–Kier alpha value is -0.940. The maximum absolute atomic E-state index is 11.5. The molecule has 1 saturated heterocycles. The highest BCUT2D eigenvalue weighted by molar-refractivity contribution is 6.01. The molecular weight excluding hydrogens is 184 g/mol. The lowest BCUT2D eigenvalue weighted by molar-refractivity contribution is -0.141. The number of ether oxygens (including phenoxy) is 1. The monoisotopic (exact) mass is 200 g/mol. The molecule has 0 aliphatic carbocycles. The summed E-state index contributed by atoms with van der Waals surface area (Å²) in [5, 5.41) is 2.32. The van der Waals surface area contributed by atoms with Crippen LogP contribution in [-0.2, 0) is 14.3 Å². The van der Waals surface area contributed by atoms with Gasteiger partial charge in [-0.15, -0.1) is 0 Å². The average molecular weight is 200 g/mol. The zero-order valence-electron chi connectivity index (χ0n) is 8.74. The summed E-state index contributed by atoms with van der Waals surface area (Å²) in [4.78, 5) is 24.3. The summed E-state index contributed by atoms with van der Waals surface area (Å²) in [6, 6.07) is -0.271. The number of likely N-dealkylation sites (N-methyl/N-ethyl adjacent to an activating group) is 1. The van der Waals surface area contributed by atoms with Crippen molar-refractivity contribution >= 4 is 11.8 Å². The Balaban J connectivity index is 2.66. The van der Waals surface area contributed by atoms with Crippen LogP contribution in [0, 0.1) is 5.92 Å². The first-order chi connectivity index (χ1) is 6.56. The second-order valence-corrected chi connectivity index (χ2v) is 3.71. The lowest BCUT2D eigenvalue weighted by Gasteiger charge is -2.34. The van der Waals surface area contributed by atoms with Gasteiger partial charge in [0, 0.05) is 13.0 Å². The van der Waals surface area contributed by atoms with Crippen molar-refractivity contribution < 1.29 is 14.3 Å². The van der Waals surface area contributed by atoms with Gasteiger partial charge in [0.15, 0.2) is 0 Å². The van der Waals surface area contributed by atoms with Gasteiger partial charge in [-0.05, 0) is 7.05 Å². The van der Waals surface area contributed by atoms with Crippen LogP contribution in [0.4, 0.5) is 0 Å². The molecule has 1 aliphatic heterocycles. The topological polar surface area (TPSA) is 58.6 Å². The summed E-state index contributed by atoms with van der Waals surface area (Å²) < 4.78 is 4.99. The quantitative estimate of drug-likeness (QED) is 0.607. The first-order valence-corrected chi connectivity index (χ1v) is 4.59. The fourth-order valence-electron chi connectivity index (χ4n) is 1.82. The second kappa shape index (κ2) is 4.52. The van der Waals surface area contributed by atoms with E-state index in [1.54, 1.807) is 19.1 Å². The minimum absolute atomic E-state index is 0.0816. The molecule has 0 radical (unpaired) electrons. The van der Waals surface area contributed by atoms with Crippen molar-refractivity contribution in [2.24, 2.45) is 5.92 Å². The van der Waals surface area contributed by atoms with E-state index in [1.165, 1.54) is 0 Å². The Morgan fingerprint density at radius 3 is 2.79 bits per heavy atom. The van der Waals surface area contributed by atoms with Crippen LogP contribution < -0.4 is 5.32 Å². The van der Waals surface area contributed by atoms with Crippen molar-refractivity contribution in [1.82, 2.24) is 10.2 Å². The van der Waals surface area contributed by atoms with Crippen LogP contribution in [0.2, 0.25) is 0 Å². The zero-order valence-corrected chi connectivity index (χ0v) is 8.74. The number of hydrogen-bond donors (Lipinski definition) is 1. The number of hydrogen-bond acceptors (Lipinski definition) is 4. The van der Waals surface area contributed by atoms with Crippen molar-refractivity contribution in [2.45, 2.75) is 13.0 Å². The SMILES string of the molecule is COCC(C)C1C(=O)NC(=O)CN1C. The Kier molecular flexibility index (Phi) is 3.60. The van der Waals surface area contributed by atoms with E-state index >= 15 is 0 Å². The van der Waals surface area contributed by atoms with E-state index in [0.29, 0.717) is 6.61 Å². The zero-order chi connectivity index (χ0) is 10.7. The Labute approximate surface area is 83.4 Å². The van der Waals surface area contributed by atoms with Gasteiger partial charge in [0.25, 0.3) is 0 Å².